The molecule has 0 amide bonds. The Kier molecular flexibility index (Phi) is 6.63. The molecule has 0 saturated carbocycles. The van der Waals surface area contributed by atoms with E-state index in [2.05, 4.69) is 0 Å². The van der Waals surface area contributed by atoms with Crippen molar-refractivity contribution < 1.29 is 24.1 Å². The standard InChI is InChI=1S/C19H22O5/c1-3-23-19(21)16(12-20)15-9-10-17(18(11-15)22-2)24-13-14-7-5-4-6-8-14/h4-11,16,20H,3,12-13H2,1-2H3/t16-/m0/s1. The molecule has 2 rings (SSSR count). The second-order valence-corrected chi connectivity index (χ2v) is 5.17. The smallest absolute Gasteiger partial charge is 0.315 e. The quantitative estimate of drug-likeness (QED) is 0.754. The lowest BCUT2D eigenvalue weighted by atomic mass is 9.99. The third-order valence-electron chi connectivity index (χ3n) is 3.58. The van der Waals surface area contributed by atoms with E-state index < -0.39 is 11.9 Å². The number of methoxy groups -OCH3 is 1. The van der Waals surface area contributed by atoms with Gasteiger partial charge in [-0.3, -0.25) is 4.79 Å². The molecule has 1 atom stereocenters. The molecule has 0 aliphatic carbocycles. The number of hydrogen-bond donors (Lipinski definition) is 1. The van der Waals surface area contributed by atoms with Crippen LogP contribution in [0, 0.1) is 0 Å². The van der Waals surface area contributed by atoms with E-state index in [9.17, 15) is 9.90 Å². The highest BCUT2D eigenvalue weighted by atomic mass is 16.5. The third-order valence-corrected chi connectivity index (χ3v) is 3.58. The first-order valence-corrected chi connectivity index (χ1v) is 7.81. The van der Waals surface area contributed by atoms with Gasteiger partial charge in [0.2, 0.25) is 0 Å². The maximum Gasteiger partial charge on any atom is 0.315 e. The summed E-state index contributed by atoms with van der Waals surface area (Å²) < 4.78 is 16.1. The first-order chi connectivity index (χ1) is 11.7. The van der Waals surface area contributed by atoms with Crippen molar-refractivity contribution in [2.45, 2.75) is 19.4 Å². The van der Waals surface area contributed by atoms with Crippen LogP contribution in [-0.4, -0.2) is 31.4 Å². The Bertz CT molecular complexity index is 654. The van der Waals surface area contributed by atoms with Gasteiger partial charge in [0, 0.05) is 0 Å². The molecule has 0 saturated heterocycles. The lowest BCUT2D eigenvalue weighted by Gasteiger charge is -2.16. The SMILES string of the molecule is CCOC(=O)[C@@H](CO)c1ccc(OCc2ccccc2)c(OC)c1. The van der Waals surface area contributed by atoms with E-state index in [-0.39, 0.29) is 13.2 Å². The Labute approximate surface area is 141 Å². The van der Waals surface area contributed by atoms with Gasteiger partial charge in [0.15, 0.2) is 11.5 Å². The Morgan fingerprint density at radius 3 is 2.50 bits per heavy atom. The number of carbonyl (C=O) groups is 1. The molecule has 0 bridgehead atoms. The Morgan fingerprint density at radius 1 is 1.12 bits per heavy atom. The summed E-state index contributed by atoms with van der Waals surface area (Å²) in [7, 11) is 1.53. The molecule has 5 heteroatoms. The molecule has 0 heterocycles. The molecule has 0 aliphatic rings. The average Bonchev–Trinajstić information content (AvgIpc) is 2.62. The largest absolute Gasteiger partial charge is 0.493 e. The highest BCUT2D eigenvalue weighted by Crippen LogP contribution is 2.32. The second-order valence-electron chi connectivity index (χ2n) is 5.17. The lowest BCUT2D eigenvalue weighted by Crippen LogP contribution is -2.19. The van der Waals surface area contributed by atoms with Gasteiger partial charge < -0.3 is 19.3 Å². The van der Waals surface area contributed by atoms with Crippen LogP contribution in [-0.2, 0) is 16.1 Å². The van der Waals surface area contributed by atoms with Crippen LogP contribution in [0.5, 0.6) is 11.5 Å². The topological polar surface area (TPSA) is 65.0 Å². The normalized spacial score (nSPS) is 11.6. The summed E-state index contributed by atoms with van der Waals surface area (Å²) in [6.07, 6.45) is 0. The van der Waals surface area contributed by atoms with E-state index in [4.69, 9.17) is 14.2 Å². The highest BCUT2D eigenvalue weighted by molar-refractivity contribution is 5.78. The molecule has 1 N–H and O–H groups in total. The Balaban J connectivity index is 2.15. The number of carbonyl (C=O) groups excluding carboxylic acids is 1. The van der Waals surface area contributed by atoms with Gasteiger partial charge in [0.1, 0.15) is 12.5 Å². The van der Waals surface area contributed by atoms with Crippen molar-refractivity contribution in [3.8, 4) is 11.5 Å². The number of aliphatic hydroxyl groups is 1. The fourth-order valence-electron chi connectivity index (χ4n) is 2.31. The minimum atomic E-state index is -0.734. The van der Waals surface area contributed by atoms with Gasteiger partial charge in [0.05, 0.1) is 20.3 Å². The van der Waals surface area contributed by atoms with Gasteiger partial charge in [-0.05, 0) is 30.2 Å². The summed E-state index contributed by atoms with van der Waals surface area (Å²) in [5.74, 6) is -0.112. The van der Waals surface area contributed by atoms with E-state index in [1.54, 1.807) is 25.1 Å². The van der Waals surface area contributed by atoms with Gasteiger partial charge in [-0.25, -0.2) is 0 Å². The van der Waals surface area contributed by atoms with Crippen LogP contribution in [0.4, 0.5) is 0 Å². The second kappa shape index (κ2) is 8.93. The molecule has 0 unspecified atom stereocenters. The van der Waals surface area contributed by atoms with E-state index in [1.807, 2.05) is 30.3 Å². The molecule has 128 valence electrons. The number of benzene rings is 2. The van der Waals surface area contributed by atoms with Crippen LogP contribution in [0.25, 0.3) is 0 Å². The number of hydrogen-bond acceptors (Lipinski definition) is 5. The van der Waals surface area contributed by atoms with Crippen molar-refractivity contribution >= 4 is 5.97 Å². The monoisotopic (exact) mass is 330 g/mol. The molecule has 0 spiro atoms. The van der Waals surface area contributed by atoms with Gasteiger partial charge in [-0.2, -0.15) is 0 Å². The number of rotatable bonds is 8. The number of aliphatic hydroxyl groups excluding tert-OH is 1. The highest BCUT2D eigenvalue weighted by Gasteiger charge is 2.22. The van der Waals surface area contributed by atoms with Crippen LogP contribution in [0.15, 0.2) is 48.5 Å². The molecule has 0 fully saturated rings. The van der Waals surface area contributed by atoms with E-state index >= 15 is 0 Å². The zero-order valence-electron chi connectivity index (χ0n) is 13.9. The molecular weight excluding hydrogens is 308 g/mol. The number of esters is 1. The van der Waals surface area contributed by atoms with Gasteiger partial charge in [0.25, 0.3) is 0 Å². The molecule has 5 nitrogen and oxygen atoms in total. The molecule has 0 radical (unpaired) electrons. The minimum absolute atomic E-state index is 0.269. The van der Waals surface area contributed by atoms with Crippen molar-refractivity contribution in [3.63, 3.8) is 0 Å². The summed E-state index contributed by atoms with van der Waals surface area (Å²) in [6.45, 7) is 2.09. The van der Waals surface area contributed by atoms with Crippen molar-refractivity contribution in [3.05, 3.63) is 59.7 Å². The molecule has 0 aromatic heterocycles. The van der Waals surface area contributed by atoms with Crippen LogP contribution >= 0.6 is 0 Å². The molecule has 2 aromatic carbocycles. The third kappa shape index (κ3) is 4.49. The van der Waals surface area contributed by atoms with Gasteiger partial charge >= 0.3 is 5.97 Å². The van der Waals surface area contributed by atoms with Gasteiger partial charge in [-0.15, -0.1) is 0 Å². The lowest BCUT2D eigenvalue weighted by molar-refractivity contribution is -0.145. The van der Waals surface area contributed by atoms with Crippen molar-refractivity contribution in [1.29, 1.82) is 0 Å². The summed E-state index contributed by atoms with van der Waals surface area (Å²) in [4.78, 5) is 11.9. The maximum atomic E-state index is 11.9. The minimum Gasteiger partial charge on any atom is -0.493 e. The van der Waals surface area contributed by atoms with Crippen LogP contribution in [0.2, 0.25) is 0 Å². The average molecular weight is 330 g/mol. The summed E-state index contributed by atoms with van der Waals surface area (Å²) in [6, 6.07) is 15.0. The Hall–Kier alpha value is -2.53. The molecule has 24 heavy (non-hydrogen) atoms. The van der Waals surface area contributed by atoms with E-state index in [0.717, 1.165) is 5.56 Å². The van der Waals surface area contributed by atoms with E-state index in [1.165, 1.54) is 7.11 Å². The first-order valence-electron chi connectivity index (χ1n) is 7.81. The van der Waals surface area contributed by atoms with Crippen molar-refractivity contribution in [1.82, 2.24) is 0 Å². The summed E-state index contributed by atoms with van der Waals surface area (Å²) in [5, 5.41) is 9.49. The summed E-state index contributed by atoms with van der Waals surface area (Å²) in [5.41, 5.74) is 1.67. The van der Waals surface area contributed by atoms with E-state index in [0.29, 0.717) is 23.7 Å². The summed E-state index contributed by atoms with van der Waals surface area (Å²) >= 11 is 0. The fourth-order valence-corrected chi connectivity index (χ4v) is 2.31. The van der Waals surface area contributed by atoms with Crippen molar-refractivity contribution in [2.24, 2.45) is 0 Å². The predicted octanol–water partition coefficient (Wildman–Crippen LogP) is 2.91. The zero-order valence-corrected chi connectivity index (χ0v) is 13.9. The first kappa shape index (κ1) is 17.8. The predicted molar refractivity (Wildman–Crippen MR) is 90.2 cm³/mol. The maximum absolute atomic E-state index is 11.9. The molecule has 0 aliphatic heterocycles. The van der Waals surface area contributed by atoms with Crippen LogP contribution < -0.4 is 9.47 Å². The van der Waals surface area contributed by atoms with Gasteiger partial charge in [-0.1, -0.05) is 36.4 Å². The van der Waals surface area contributed by atoms with Crippen LogP contribution in [0.1, 0.15) is 24.0 Å². The van der Waals surface area contributed by atoms with Crippen LogP contribution in [0.3, 0.4) is 0 Å². The van der Waals surface area contributed by atoms with Crippen molar-refractivity contribution in [2.75, 3.05) is 20.3 Å². The molecule has 2 aromatic rings. The number of ether oxygens (including phenoxy) is 3. The fraction of sp³-hybridized carbons (Fsp3) is 0.316. The zero-order chi connectivity index (χ0) is 17.4. The Morgan fingerprint density at radius 2 is 1.88 bits per heavy atom. The molecular formula is C19H22O5.